The molecule has 0 radical (unpaired) electrons. The normalized spacial score (nSPS) is 11.7. The molecule has 0 saturated carbocycles. The highest BCUT2D eigenvalue weighted by Gasteiger charge is 2.19. The number of carbonyl (C=O) groups excluding carboxylic acids is 2. The van der Waals surface area contributed by atoms with E-state index in [1.807, 2.05) is 30.3 Å². The van der Waals surface area contributed by atoms with Gasteiger partial charge in [-0.05, 0) is 38.2 Å². The zero-order chi connectivity index (χ0) is 24.9. The number of halogens is 1. The number of nitrogens with zero attached hydrogens (tertiary/aromatic N) is 3. The first-order valence-electron chi connectivity index (χ1n) is 10.8. The van der Waals surface area contributed by atoms with Gasteiger partial charge >= 0.3 is 0 Å². The summed E-state index contributed by atoms with van der Waals surface area (Å²) in [7, 11) is 1.65. The second-order valence-corrected chi connectivity index (χ2v) is 8.66. The van der Waals surface area contributed by atoms with Crippen molar-refractivity contribution in [2.24, 2.45) is 0 Å². The number of aromatic nitrogens is 3. The van der Waals surface area contributed by atoms with E-state index in [2.05, 4.69) is 20.6 Å². The van der Waals surface area contributed by atoms with Gasteiger partial charge in [-0.3, -0.25) is 19.0 Å². The fourth-order valence-corrected chi connectivity index (χ4v) is 4.05. The maximum Gasteiger partial charge on any atom is 0.277 e. The number of likely N-dealkylation sites (N-methyl/N-ethyl adjacent to an activating group) is 1. The lowest BCUT2D eigenvalue weighted by Crippen LogP contribution is -2.38. The highest BCUT2D eigenvalue weighted by Crippen LogP contribution is 2.20. The minimum Gasteiger partial charge on any atom is -0.319 e. The van der Waals surface area contributed by atoms with Crippen LogP contribution in [0.2, 0.25) is 0 Å². The number of hydrogen-bond donors (Lipinski definition) is 2. The summed E-state index contributed by atoms with van der Waals surface area (Å²) >= 11 is 1.22. The lowest BCUT2D eigenvalue weighted by Gasteiger charge is -2.15. The van der Waals surface area contributed by atoms with Crippen molar-refractivity contribution < 1.29 is 14.0 Å². The molecule has 2 heterocycles. The van der Waals surface area contributed by atoms with Crippen LogP contribution in [-0.2, 0) is 11.3 Å². The molecule has 1 atom stereocenters. The molecule has 10 heteroatoms. The number of rotatable bonds is 8. The van der Waals surface area contributed by atoms with Crippen LogP contribution < -0.4 is 16.2 Å². The van der Waals surface area contributed by atoms with Crippen LogP contribution in [0.5, 0.6) is 0 Å². The van der Waals surface area contributed by atoms with Crippen molar-refractivity contribution in [3.8, 4) is 11.4 Å². The van der Waals surface area contributed by atoms with Crippen LogP contribution in [0.3, 0.4) is 0 Å². The third-order valence-electron chi connectivity index (χ3n) is 5.35. The van der Waals surface area contributed by atoms with Crippen LogP contribution in [0.4, 0.5) is 10.1 Å². The summed E-state index contributed by atoms with van der Waals surface area (Å²) in [6.07, 6.45) is 1.34. The molecule has 4 aromatic rings. The van der Waals surface area contributed by atoms with Gasteiger partial charge in [0, 0.05) is 16.5 Å². The van der Waals surface area contributed by atoms with E-state index in [0.717, 1.165) is 0 Å². The molecule has 0 fully saturated rings. The Hall–Kier alpha value is -4.02. The van der Waals surface area contributed by atoms with E-state index in [1.165, 1.54) is 46.4 Å². The Balaban J connectivity index is 1.69. The summed E-state index contributed by atoms with van der Waals surface area (Å²) in [5, 5.41) is 7.54. The third kappa shape index (κ3) is 5.39. The molecule has 0 unspecified atom stereocenters. The third-order valence-corrected chi connectivity index (χ3v) is 6.18. The summed E-state index contributed by atoms with van der Waals surface area (Å²) in [4.78, 5) is 47.3. The highest BCUT2D eigenvalue weighted by atomic mass is 32.1. The number of hydrogen-bond acceptors (Lipinski definition) is 7. The van der Waals surface area contributed by atoms with Crippen molar-refractivity contribution in [2.45, 2.75) is 19.5 Å². The first kappa shape index (κ1) is 24.1. The number of anilines is 1. The molecule has 0 spiro atoms. The van der Waals surface area contributed by atoms with E-state index in [0.29, 0.717) is 22.0 Å². The van der Waals surface area contributed by atoms with Crippen molar-refractivity contribution in [3.05, 3.63) is 98.6 Å². The predicted molar refractivity (Wildman–Crippen MR) is 132 cm³/mol. The topological polar surface area (TPSA) is 106 Å². The molecule has 8 nitrogen and oxygen atoms in total. The van der Waals surface area contributed by atoms with Gasteiger partial charge in [0.1, 0.15) is 28.0 Å². The molecule has 1 amide bonds. The lowest BCUT2D eigenvalue weighted by atomic mass is 10.1. The van der Waals surface area contributed by atoms with E-state index in [4.69, 9.17) is 0 Å². The zero-order valence-corrected chi connectivity index (χ0v) is 19.8. The molecule has 35 heavy (non-hydrogen) atoms. The van der Waals surface area contributed by atoms with Gasteiger partial charge in [0.2, 0.25) is 11.7 Å². The second kappa shape index (κ2) is 10.5. The fourth-order valence-electron chi connectivity index (χ4n) is 3.29. The molecule has 0 aliphatic carbocycles. The Bertz CT molecular complexity index is 1420. The van der Waals surface area contributed by atoms with Crippen molar-refractivity contribution in [1.29, 1.82) is 0 Å². The molecular formula is C25H22FN5O3S. The fraction of sp³-hybridized carbons (Fsp3) is 0.160. The first-order chi connectivity index (χ1) is 16.9. The zero-order valence-electron chi connectivity index (χ0n) is 19.0. The number of ketones is 1. The number of benzene rings is 2. The Morgan fingerprint density at radius 2 is 1.83 bits per heavy atom. The van der Waals surface area contributed by atoms with E-state index >= 15 is 0 Å². The molecule has 0 aliphatic heterocycles. The van der Waals surface area contributed by atoms with Gasteiger partial charge in [0.15, 0.2) is 0 Å². The van der Waals surface area contributed by atoms with Gasteiger partial charge in [0.05, 0.1) is 18.8 Å². The van der Waals surface area contributed by atoms with E-state index in [9.17, 15) is 18.8 Å². The average molecular weight is 492 g/mol. The first-order valence-corrected chi connectivity index (χ1v) is 11.6. The number of amides is 1. The molecule has 2 aromatic heterocycles. The molecule has 2 aromatic carbocycles. The molecule has 2 N–H and O–H groups in total. The Morgan fingerprint density at radius 3 is 2.51 bits per heavy atom. The minimum absolute atomic E-state index is 0.0379. The molecular weight excluding hydrogens is 469 g/mol. The van der Waals surface area contributed by atoms with Gasteiger partial charge < -0.3 is 10.6 Å². The van der Waals surface area contributed by atoms with Crippen molar-refractivity contribution in [2.75, 3.05) is 12.4 Å². The minimum atomic E-state index is -0.504. The van der Waals surface area contributed by atoms with Crippen LogP contribution in [0.1, 0.15) is 28.0 Å². The quantitative estimate of drug-likeness (QED) is 0.366. The van der Waals surface area contributed by atoms with Crippen LogP contribution in [0.25, 0.3) is 11.4 Å². The van der Waals surface area contributed by atoms with Gasteiger partial charge in [-0.15, -0.1) is 11.3 Å². The Kier molecular flexibility index (Phi) is 7.23. The van der Waals surface area contributed by atoms with Gasteiger partial charge in [-0.2, -0.15) is 0 Å². The molecule has 178 valence electrons. The predicted octanol–water partition coefficient (Wildman–Crippen LogP) is 3.33. The summed E-state index contributed by atoms with van der Waals surface area (Å²) < 4.78 is 14.6. The van der Waals surface area contributed by atoms with Crippen LogP contribution in [0, 0.1) is 5.82 Å². The van der Waals surface area contributed by atoms with Gasteiger partial charge in [0.25, 0.3) is 5.56 Å². The van der Waals surface area contributed by atoms with Gasteiger partial charge in [-0.1, -0.05) is 30.3 Å². The monoisotopic (exact) mass is 491 g/mol. The number of thiazole rings is 1. The average Bonchev–Trinajstić information content (AvgIpc) is 3.35. The largest absolute Gasteiger partial charge is 0.319 e. The number of nitrogens with one attached hydrogen (secondary N) is 2. The van der Waals surface area contributed by atoms with Crippen LogP contribution in [-0.4, -0.2) is 39.3 Å². The molecule has 0 saturated heterocycles. The maximum atomic E-state index is 13.4. The van der Waals surface area contributed by atoms with Crippen molar-refractivity contribution >= 4 is 28.7 Å². The lowest BCUT2D eigenvalue weighted by molar-refractivity contribution is -0.117. The summed E-state index contributed by atoms with van der Waals surface area (Å²) in [6.45, 7) is 1.72. The van der Waals surface area contributed by atoms with Crippen LogP contribution >= 0.6 is 11.3 Å². The number of carbonyl (C=O) groups is 2. The van der Waals surface area contributed by atoms with Gasteiger partial charge in [-0.25, -0.2) is 14.4 Å². The molecule has 4 rings (SSSR count). The Labute approximate surface area is 204 Å². The summed E-state index contributed by atoms with van der Waals surface area (Å²) in [5.74, 6) is -0.746. The second-order valence-electron chi connectivity index (χ2n) is 7.71. The maximum absolute atomic E-state index is 13.4. The van der Waals surface area contributed by atoms with E-state index in [1.54, 1.807) is 19.4 Å². The highest BCUT2D eigenvalue weighted by molar-refractivity contribution is 7.09. The van der Waals surface area contributed by atoms with Crippen molar-refractivity contribution in [3.63, 3.8) is 0 Å². The molecule has 0 aliphatic rings. The summed E-state index contributed by atoms with van der Waals surface area (Å²) in [5.41, 5.74) is 0.819. The van der Waals surface area contributed by atoms with Crippen molar-refractivity contribution in [1.82, 2.24) is 19.9 Å². The van der Waals surface area contributed by atoms with Crippen LogP contribution in [0.15, 0.2) is 71.0 Å². The standard InChI is InChI=1S/C25H22FN5O3S/c1-15(27-2)24(33)30-19-12-28-23(17-6-4-3-5-7-17)31(25(19)34)13-21-29-20(14-35-21)22(32)16-8-10-18(26)11-9-16/h3-12,14-15,27H,13H2,1-2H3,(H,30,33)/t15-/m0/s1. The SMILES string of the molecule is CN[C@@H](C)C(=O)Nc1cnc(-c2ccccc2)n(Cc2nc(C(=O)c3ccc(F)cc3)cs2)c1=O. The van der Waals surface area contributed by atoms with E-state index in [-0.39, 0.29) is 29.6 Å². The smallest absolute Gasteiger partial charge is 0.277 e. The Morgan fingerprint density at radius 1 is 1.11 bits per heavy atom. The van der Waals surface area contributed by atoms with E-state index < -0.39 is 17.4 Å². The summed E-state index contributed by atoms with van der Waals surface area (Å²) in [6, 6.07) is 13.9. The molecule has 0 bridgehead atoms.